The number of alkyl halides is 1. The minimum atomic E-state index is -0.587. The number of nitrogens with two attached hydrogens (primary N) is 1. The van der Waals surface area contributed by atoms with Crippen LogP contribution >= 0.6 is 11.6 Å². The van der Waals surface area contributed by atoms with E-state index in [0.717, 1.165) is 11.1 Å². The Kier molecular flexibility index (Phi) is 7.56. The van der Waals surface area contributed by atoms with Crippen molar-refractivity contribution in [2.24, 2.45) is 0 Å². The molecule has 1 atom stereocenters. The van der Waals surface area contributed by atoms with Crippen molar-refractivity contribution < 1.29 is 18.7 Å². The number of fused-ring (bicyclic) bond motifs is 1. The molecule has 1 aliphatic rings. The first-order valence-electron chi connectivity index (χ1n) is 11.8. The second kappa shape index (κ2) is 10.5. The molecule has 0 spiro atoms. The van der Waals surface area contributed by atoms with E-state index in [1.807, 2.05) is 55.8 Å². The molecule has 3 aromatic rings. The lowest BCUT2D eigenvalue weighted by atomic mass is 10.1. The summed E-state index contributed by atoms with van der Waals surface area (Å²) >= 11 is 6.32. The predicted octanol–water partition coefficient (Wildman–Crippen LogP) is 4.11. The van der Waals surface area contributed by atoms with Crippen molar-refractivity contribution >= 4 is 34.7 Å². The van der Waals surface area contributed by atoms with Crippen LogP contribution in [0.3, 0.4) is 0 Å². The van der Waals surface area contributed by atoms with E-state index in [0.29, 0.717) is 48.1 Å². The number of carbonyl (C=O) groups is 1. The molecule has 194 valence electrons. The molecule has 9 nitrogen and oxygen atoms in total. The average Bonchev–Trinajstić information content (AvgIpc) is 3.21. The number of rotatable bonds is 6. The maximum absolute atomic E-state index is 13.9. The van der Waals surface area contributed by atoms with Gasteiger partial charge in [-0.3, -0.25) is 4.90 Å². The summed E-state index contributed by atoms with van der Waals surface area (Å²) in [5, 5.41) is 0.292. The molecule has 3 heterocycles. The van der Waals surface area contributed by atoms with Gasteiger partial charge in [0.05, 0.1) is 25.2 Å². The molecule has 1 aromatic carbocycles. The number of methoxy groups -OCH3 is 1. The normalized spacial score (nSPS) is 16.9. The van der Waals surface area contributed by atoms with Crippen LogP contribution in [-0.4, -0.2) is 75.5 Å². The lowest BCUT2D eigenvalue weighted by molar-refractivity contribution is -0.000716. The van der Waals surface area contributed by atoms with Gasteiger partial charge in [-0.1, -0.05) is 23.7 Å². The van der Waals surface area contributed by atoms with Gasteiger partial charge < -0.3 is 24.7 Å². The average molecular weight is 519 g/mol. The van der Waals surface area contributed by atoms with E-state index in [4.69, 9.17) is 26.8 Å². The standard InChI is InChI=1S/C25H32ClFN6O3/c1-25(2,3)36-24(34)33-10-9-31(18(12-27)15-33)13-16-5-6-17(20(11-16)35-4)14-32-8-7-19-21(32)22(26)30-23(28)29-19/h5-8,11,18H,9-10,12-15H2,1-4H3,(H2,28,29,30)/t18-/m1/s1. The summed E-state index contributed by atoms with van der Waals surface area (Å²) in [6.45, 7) is 7.27. The molecule has 1 saturated heterocycles. The summed E-state index contributed by atoms with van der Waals surface area (Å²) in [5.74, 6) is 0.844. The molecule has 0 aliphatic carbocycles. The van der Waals surface area contributed by atoms with Crippen LogP contribution in [0.25, 0.3) is 11.0 Å². The third-order valence-electron chi connectivity index (χ3n) is 6.10. The van der Waals surface area contributed by atoms with Gasteiger partial charge in [-0.05, 0) is 38.5 Å². The fourth-order valence-corrected chi connectivity index (χ4v) is 4.68. The number of aromatic nitrogens is 3. The maximum atomic E-state index is 13.9. The highest BCUT2D eigenvalue weighted by Crippen LogP contribution is 2.28. The Bertz CT molecular complexity index is 1240. The van der Waals surface area contributed by atoms with E-state index in [-0.39, 0.29) is 12.5 Å². The molecule has 4 rings (SSSR count). The number of carbonyl (C=O) groups excluding carboxylic acids is 1. The van der Waals surface area contributed by atoms with Crippen molar-refractivity contribution in [2.75, 3.05) is 39.2 Å². The zero-order valence-corrected chi connectivity index (χ0v) is 21.8. The highest BCUT2D eigenvalue weighted by molar-refractivity contribution is 6.33. The Morgan fingerprint density at radius 2 is 2.00 bits per heavy atom. The zero-order chi connectivity index (χ0) is 26.0. The Morgan fingerprint density at radius 3 is 2.69 bits per heavy atom. The van der Waals surface area contributed by atoms with Gasteiger partial charge in [0.1, 0.15) is 23.5 Å². The van der Waals surface area contributed by atoms with E-state index in [9.17, 15) is 9.18 Å². The molecule has 1 fully saturated rings. The monoisotopic (exact) mass is 518 g/mol. The number of ether oxygens (including phenoxy) is 2. The lowest BCUT2D eigenvalue weighted by Crippen LogP contribution is -2.55. The van der Waals surface area contributed by atoms with Crippen LogP contribution in [0.15, 0.2) is 30.5 Å². The zero-order valence-electron chi connectivity index (χ0n) is 21.0. The molecular formula is C25H32ClFN6O3. The Labute approximate surface area is 214 Å². The van der Waals surface area contributed by atoms with Crippen LogP contribution in [0.2, 0.25) is 5.15 Å². The number of hydrogen-bond acceptors (Lipinski definition) is 7. The fraction of sp³-hybridized carbons (Fsp3) is 0.480. The van der Waals surface area contributed by atoms with Gasteiger partial charge in [-0.15, -0.1) is 0 Å². The number of piperazine rings is 1. The lowest BCUT2D eigenvalue weighted by Gasteiger charge is -2.40. The van der Waals surface area contributed by atoms with E-state index in [1.54, 1.807) is 12.0 Å². The van der Waals surface area contributed by atoms with Crippen LogP contribution < -0.4 is 10.5 Å². The van der Waals surface area contributed by atoms with Crippen LogP contribution in [0.5, 0.6) is 5.75 Å². The minimum Gasteiger partial charge on any atom is -0.496 e. The van der Waals surface area contributed by atoms with Crippen LogP contribution in [0.1, 0.15) is 31.9 Å². The third-order valence-corrected chi connectivity index (χ3v) is 6.36. The van der Waals surface area contributed by atoms with Crippen molar-refractivity contribution in [1.29, 1.82) is 0 Å². The molecule has 2 N–H and O–H groups in total. The number of halogens is 2. The molecule has 0 saturated carbocycles. The van der Waals surface area contributed by atoms with Gasteiger partial charge in [0.15, 0.2) is 5.15 Å². The van der Waals surface area contributed by atoms with Gasteiger partial charge in [0, 0.05) is 37.9 Å². The molecular weight excluding hydrogens is 487 g/mol. The Balaban J connectivity index is 1.47. The molecule has 2 aromatic heterocycles. The van der Waals surface area contributed by atoms with Crippen LogP contribution in [0.4, 0.5) is 15.1 Å². The van der Waals surface area contributed by atoms with Crippen LogP contribution in [0, 0.1) is 0 Å². The summed E-state index contributed by atoms with van der Waals surface area (Å²) in [6, 6.07) is 7.40. The fourth-order valence-electron chi connectivity index (χ4n) is 4.38. The van der Waals surface area contributed by atoms with E-state index in [2.05, 4.69) is 14.9 Å². The van der Waals surface area contributed by atoms with Gasteiger partial charge in [-0.25, -0.2) is 14.2 Å². The highest BCUT2D eigenvalue weighted by atomic mass is 35.5. The van der Waals surface area contributed by atoms with Crippen molar-refractivity contribution in [3.63, 3.8) is 0 Å². The molecule has 0 unspecified atom stereocenters. The second-order valence-corrected chi connectivity index (χ2v) is 10.3. The maximum Gasteiger partial charge on any atom is 0.410 e. The number of amides is 1. The molecule has 1 aliphatic heterocycles. The molecule has 0 radical (unpaired) electrons. The summed E-state index contributed by atoms with van der Waals surface area (Å²) in [5.41, 5.74) is 8.43. The van der Waals surface area contributed by atoms with Crippen molar-refractivity contribution in [1.82, 2.24) is 24.3 Å². The third kappa shape index (κ3) is 5.82. The summed E-state index contributed by atoms with van der Waals surface area (Å²) in [6.07, 6.45) is 1.48. The van der Waals surface area contributed by atoms with E-state index in [1.165, 1.54) is 0 Å². The molecule has 1 amide bonds. The molecule has 11 heteroatoms. The van der Waals surface area contributed by atoms with Crippen molar-refractivity contribution in [2.45, 2.75) is 45.5 Å². The van der Waals surface area contributed by atoms with Crippen molar-refractivity contribution in [3.05, 3.63) is 46.7 Å². The number of nitrogen functional groups attached to an aromatic ring is 1. The Hall–Kier alpha value is -3.11. The van der Waals surface area contributed by atoms with E-state index < -0.39 is 24.4 Å². The largest absolute Gasteiger partial charge is 0.496 e. The minimum absolute atomic E-state index is 0.130. The SMILES string of the molecule is COc1cc(CN2CCN(C(=O)OC(C)(C)C)C[C@H]2CF)ccc1Cn1ccc2nc(N)nc(Cl)c21. The quantitative estimate of drug-likeness (QED) is 0.490. The smallest absolute Gasteiger partial charge is 0.410 e. The van der Waals surface area contributed by atoms with Gasteiger partial charge in [0.2, 0.25) is 5.95 Å². The molecule has 36 heavy (non-hydrogen) atoms. The Morgan fingerprint density at radius 1 is 1.22 bits per heavy atom. The van der Waals surface area contributed by atoms with E-state index >= 15 is 0 Å². The first-order valence-corrected chi connectivity index (χ1v) is 12.2. The van der Waals surface area contributed by atoms with Gasteiger partial charge >= 0.3 is 6.09 Å². The number of hydrogen-bond donors (Lipinski definition) is 1. The number of benzene rings is 1. The topological polar surface area (TPSA) is 98.7 Å². The number of anilines is 1. The van der Waals surface area contributed by atoms with Crippen molar-refractivity contribution in [3.8, 4) is 5.75 Å². The molecule has 0 bridgehead atoms. The first kappa shape index (κ1) is 26.0. The summed E-state index contributed by atoms with van der Waals surface area (Å²) in [4.78, 5) is 24.4. The van der Waals surface area contributed by atoms with Gasteiger partial charge in [-0.2, -0.15) is 4.98 Å². The summed E-state index contributed by atoms with van der Waals surface area (Å²) < 4.78 is 27.0. The van der Waals surface area contributed by atoms with Crippen LogP contribution in [-0.2, 0) is 17.8 Å². The number of nitrogens with zero attached hydrogens (tertiary/aromatic N) is 5. The van der Waals surface area contributed by atoms with Gasteiger partial charge in [0.25, 0.3) is 0 Å². The first-order chi connectivity index (χ1) is 17.1. The predicted molar refractivity (Wildman–Crippen MR) is 137 cm³/mol. The summed E-state index contributed by atoms with van der Waals surface area (Å²) in [7, 11) is 1.62. The second-order valence-electron chi connectivity index (χ2n) is 9.90. The highest BCUT2D eigenvalue weighted by Gasteiger charge is 2.32.